The van der Waals surface area contributed by atoms with Gasteiger partial charge in [-0.05, 0) is 28.8 Å². The van der Waals surface area contributed by atoms with Crippen LogP contribution in [-0.2, 0) is 11.0 Å². The van der Waals surface area contributed by atoms with E-state index in [0.29, 0.717) is 23.2 Å². The molecule has 1 aromatic heterocycles. The molecular formula is C15H26BrNOSi. The molecule has 0 aliphatic heterocycles. The molecule has 108 valence electrons. The molecular weight excluding hydrogens is 318 g/mol. The monoisotopic (exact) mass is 343 g/mol. The maximum atomic E-state index is 6.51. The van der Waals surface area contributed by atoms with Gasteiger partial charge in [-0.15, -0.1) is 0 Å². The third-order valence-electron chi connectivity index (χ3n) is 3.96. The first-order chi connectivity index (χ1) is 8.80. The predicted molar refractivity (Wildman–Crippen MR) is 87.8 cm³/mol. The Balaban J connectivity index is 2.90. The van der Waals surface area contributed by atoms with Crippen LogP contribution in [0.2, 0.25) is 16.6 Å². The molecule has 2 nitrogen and oxygen atoms in total. The maximum Gasteiger partial charge on any atom is 0.200 e. The first kappa shape index (κ1) is 16.9. The summed E-state index contributed by atoms with van der Waals surface area (Å²) in [5, 5.41) is 0. The fraction of sp³-hybridized carbons (Fsp3) is 0.667. The van der Waals surface area contributed by atoms with Crippen molar-refractivity contribution in [3.05, 3.63) is 28.5 Å². The summed E-state index contributed by atoms with van der Waals surface area (Å²) in [6, 6.07) is 3.99. The minimum atomic E-state index is -1.78. The number of aromatic nitrogens is 1. The minimum Gasteiger partial charge on any atom is -0.410 e. The number of pyridine rings is 1. The molecule has 0 radical (unpaired) electrons. The second-order valence-corrected chi connectivity index (χ2v) is 12.4. The summed E-state index contributed by atoms with van der Waals surface area (Å²) in [5.41, 5.74) is 2.84. The summed E-state index contributed by atoms with van der Waals surface area (Å²) in [5.74, 6) is 0. The molecule has 0 aliphatic carbocycles. The topological polar surface area (TPSA) is 22.1 Å². The smallest absolute Gasteiger partial charge is 0.200 e. The zero-order valence-corrected chi connectivity index (χ0v) is 15.5. The average Bonchev–Trinajstić information content (AvgIpc) is 2.28. The van der Waals surface area contributed by atoms with E-state index < -0.39 is 8.32 Å². The van der Waals surface area contributed by atoms with E-state index in [1.54, 1.807) is 0 Å². The van der Waals surface area contributed by atoms with Gasteiger partial charge < -0.3 is 4.43 Å². The van der Waals surface area contributed by atoms with Crippen molar-refractivity contribution in [3.8, 4) is 0 Å². The number of hydrogen-bond acceptors (Lipinski definition) is 2. The molecule has 4 heteroatoms. The first-order valence-electron chi connectivity index (χ1n) is 7.05. The van der Waals surface area contributed by atoms with Gasteiger partial charge in [0, 0.05) is 10.7 Å². The lowest BCUT2D eigenvalue weighted by Crippen LogP contribution is -2.47. The first-order valence-corrected chi connectivity index (χ1v) is 9.98. The molecule has 1 heterocycles. The Bertz CT molecular complexity index is 385. The zero-order chi connectivity index (χ0) is 14.6. The fourth-order valence-corrected chi connectivity index (χ4v) is 9.01. The Kier molecular flexibility index (Phi) is 6.21. The van der Waals surface area contributed by atoms with Crippen LogP contribution < -0.4 is 0 Å². The molecule has 19 heavy (non-hydrogen) atoms. The summed E-state index contributed by atoms with van der Waals surface area (Å²) < 4.78 is 7.57. The van der Waals surface area contributed by atoms with Crippen LogP contribution in [0, 0.1) is 0 Å². The number of rotatable bonds is 6. The van der Waals surface area contributed by atoms with Crippen LogP contribution in [0.15, 0.2) is 22.8 Å². The zero-order valence-electron chi connectivity index (χ0n) is 12.9. The molecule has 0 saturated carbocycles. The van der Waals surface area contributed by atoms with Gasteiger partial charge in [0.05, 0.1) is 12.3 Å². The van der Waals surface area contributed by atoms with Gasteiger partial charge in [-0.25, -0.2) is 0 Å². The van der Waals surface area contributed by atoms with Gasteiger partial charge in [-0.2, -0.15) is 0 Å². The van der Waals surface area contributed by atoms with Crippen LogP contribution in [0.4, 0.5) is 0 Å². The summed E-state index contributed by atoms with van der Waals surface area (Å²) in [6.07, 6.45) is 1.83. The summed E-state index contributed by atoms with van der Waals surface area (Å²) in [6.45, 7) is 14.5. The molecule has 0 atom stereocenters. The highest BCUT2D eigenvalue weighted by Gasteiger charge is 2.44. The fourth-order valence-electron chi connectivity index (χ4n) is 3.23. The summed E-state index contributed by atoms with van der Waals surface area (Å²) in [4.78, 5) is 4.39. The third-order valence-corrected chi connectivity index (χ3v) is 10.5. The second kappa shape index (κ2) is 7.00. The van der Waals surface area contributed by atoms with Gasteiger partial charge in [-0.1, -0.05) is 57.5 Å². The van der Waals surface area contributed by atoms with Crippen molar-refractivity contribution in [2.45, 2.75) is 64.8 Å². The number of nitrogens with zero attached hydrogens (tertiary/aromatic N) is 1. The van der Waals surface area contributed by atoms with Crippen molar-refractivity contribution in [1.82, 2.24) is 4.98 Å². The van der Waals surface area contributed by atoms with E-state index in [0.717, 1.165) is 10.2 Å². The quantitative estimate of drug-likeness (QED) is 0.633. The van der Waals surface area contributed by atoms with E-state index in [4.69, 9.17) is 4.43 Å². The molecule has 0 bridgehead atoms. The minimum absolute atomic E-state index is 0.611. The molecule has 0 aromatic carbocycles. The molecule has 0 spiro atoms. The highest BCUT2D eigenvalue weighted by molar-refractivity contribution is 9.10. The molecule has 0 unspecified atom stereocenters. The van der Waals surface area contributed by atoms with Crippen LogP contribution in [0.25, 0.3) is 0 Å². The van der Waals surface area contributed by atoms with E-state index in [1.165, 1.54) is 0 Å². The van der Waals surface area contributed by atoms with E-state index in [2.05, 4.69) is 62.5 Å². The van der Waals surface area contributed by atoms with Gasteiger partial charge in [0.2, 0.25) is 8.32 Å². The van der Waals surface area contributed by atoms with Gasteiger partial charge >= 0.3 is 0 Å². The Hall–Kier alpha value is -0.193. The van der Waals surface area contributed by atoms with Gasteiger partial charge in [0.15, 0.2) is 0 Å². The third kappa shape index (κ3) is 3.89. The van der Waals surface area contributed by atoms with Crippen LogP contribution in [0.1, 0.15) is 47.2 Å². The van der Waals surface area contributed by atoms with E-state index >= 15 is 0 Å². The van der Waals surface area contributed by atoms with Crippen molar-refractivity contribution in [1.29, 1.82) is 0 Å². The van der Waals surface area contributed by atoms with Crippen LogP contribution >= 0.6 is 15.9 Å². The van der Waals surface area contributed by atoms with Crippen molar-refractivity contribution >= 4 is 24.2 Å². The Morgan fingerprint density at radius 2 is 1.63 bits per heavy atom. The van der Waals surface area contributed by atoms with Gasteiger partial charge in [0.1, 0.15) is 0 Å². The van der Waals surface area contributed by atoms with Crippen LogP contribution in [0.5, 0.6) is 0 Å². The molecule has 0 saturated heterocycles. The molecule has 1 rings (SSSR count). The number of hydrogen-bond donors (Lipinski definition) is 0. The largest absolute Gasteiger partial charge is 0.410 e. The maximum absolute atomic E-state index is 6.51. The SMILES string of the molecule is CC(C)[Si](OCc1cc(Br)ccn1)(C(C)C)C(C)C. The van der Waals surface area contributed by atoms with E-state index in [-0.39, 0.29) is 0 Å². The molecule has 0 fully saturated rings. The molecule has 0 aliphatic rings. The van der Waals surface area contributed by atoms with Crippen molar-refractivity contribution < 1.29 is 4.43 Å². The Labute approximate surface area is 127 Å². The average molecular weight is 344 g/mol. The summed E-state index contributed by atoms with van der Waals surface area (Å²) in [7, 11) is -1.78. The van der Waals surface area contributed by atoms with Crippen molar-refractivity contribution in [2.75, 3.05) is 0 Å². The highest BCUT2D eigenvalue weighted by Crippen LogP contribution is 2.42. The van der Waals surface area contributed by atoms with Crippen molar-refractivity contribution in [3.63, 3.8) is 0 Å². The van der Waals surface area contributed by atoms with Crippen molar-refractivity contribution in [2.24, 2.45) is 0 Å². The number of halogens is 1. The van der Waals surface area contributed by atoms with Gasteiger partial charge in [-0.3, -0.25) is 4.98 Å². The van der Waals surface area contributed by atoms with Crippen LogP contribution in [0.3, 0.4) is 0 Å². The molecule has 0 N–H and O–H groups in total. The Morgan fingerprint density at radius 3 is 2.05 bits per heavy atom. The summed E-state index contributed by atoms with van der Waals surface area (Å²) >= 11 is 3.49. The Morgan fingerprint density at radius 1 is 1.11 bits per heavy atom. The lowest BCUT2D eigenvalue weighted by Gasteiger charge is -2.42. The van der Waals surface area contributed by atoms with E-state index in [9.17, 15) is 0 Å². The predicted octanol–water partition coefficient (Wildman–Crippen LogP) is 5.54. The lowest BCUT2D eigenvalue weighted by atomic mass is 10.4. The highest BCUT2D eigenvalue weighted by atomic mass is 79.9. The normalized spacial score (nSPS) is 12.7. The molecule has 0 amide bonds. The van der Waals surface area contributed by atoms with E-state index in [1.807, 2.05) is 18.3 Å². The molecule has 1 aromatic rings. The van der Waals surface area contributed by atoms with Crippen LogP contribution in [-0.4, -0.2) is 13.3 Å². The standard InChI is InChI=1S/C15H26BrNOSi/c1-11(2)19(12(3)4,13(5)6)18-10-15-9-14(16)7-8-17-15/h7-9,11-13H,10H2,1-6H3. The van der Waals surface area contributed by atoms with Gasteiger partial charge in [0.25, 0.3) is 0 Å². The second-order valence-electron chi connectivity index (χ2n) is 6.07. The lowest BCUT2D eigenvalue weighted by molar-refractivity contribution is 0.262.